The van der Waals surface area contributed by atoms with Crippen LogP contribution in [0, 0.1) is 17.9 Å². The summed E-state index contributed by atoms with van der Waals surface area (Å²) in [7, 11) is 0. The SMILES string of the molecule is CC#COC(C)(C)CCCC(C)CC=CC(C)=CC(=O)O. The van der Waals surface area contributed by atoms with Gasteiger partial charge in [-0.2, -0.15) is 0 Å². The van der Waals surface area contributed by atoms with Gasteiger partial charge in [0.1, 0.15) is 11.7 Å². The predicted molar refractivity (Wildman–Crippen MR) is 86.8 cm³/mol. The van der Waals surface area contributed by atoms with Crippen molar-refractivity contribution < 1.29 is 14.6 Å². The summed E-state index contributed by atoms with van der Waals surface area (Å²) < 4.78 is 5.47. The third-order valence-electron chi connectivity index (χ3n) is 3.18. The second-order valence-electron chi connectivity index (χ2n) is 6.08. The Hall–Kier alpha value is -1.69. The fourth-order valence-electron chi connectivity index (χ4n) is 1.96. The molecule has 0 aliphatic carbocycles. The van der Waals surface area contributed by atoms with Crippen molar-refractivity contribution in [2.24, 2.45) is 5.92 Å². The molecular weight excluding hydrogens is 264 g/mol. The Morgan fingerprint density at radius 2 is 2.10 bits per heavy atom. The summed E-state index contributed by atoms with van der Waals surface area (Å²) in [4.78, 5) is 10.5. The lowest BCUT2D eigenvalue weighted by atomic mass is 9.95. The van der Waals surface area contributed by atoms with Crippen LogP contribution in [0.3, 0.4) is 0 Å². The molecule has 0 heterocycles. The van der Waals surface area contributed by atoms with E-state index >= 15 is 0 Å². The maximum absolute atomic E-state index is 10.5. The second kappa shape index (κ2) is 10.1. The monoisotopic (exact) mass is 292 g/mol. The molecule has 0 bridgehead atoms. The van der Waals surface area contributed by atoms with Crippen molar-refractivity contribution in [1.29, 1.82) is 0 Å². The summed E-state index contributed by atoms with van der Waals surface area (Å²) >= 11 is 0. The quantitative estimate of drug-likeness (QED) is 0.385. The lowest BCUT2D eigenvalue weighted by Gasteiger charge is -2.22. The topological polar surface area (TPSA) is 46.5 Å². The average Bonchev–Trinajstić information content (AvgIpc) is 2.35. The largest absolute Gasteiger partial charge is 0.478 e. The molecule has 0 aliphatic rings. The van der Waals surface area contributed by atoms with Crippen LogP contribution in [0.25, 0.3) is 0 Å². The highest BCUT2D eigenvalue weighted by atomic mass is 16.5. The number of rotatable bonds is 9. The molecule has 1 N–H and O–H groups in total. The van der Waals surface area contributed by atoms with E-state index in [4.69, 9.17) is 9.84 Å². The maximum atomic E-state index is 10.5. The minimum Gasteiger partial charge on any atom is -0.478 e. The molecule has 0 amide bonds. The van der Waals surface area contributed by atoms with E-state index in [2.05, 4.69) is 32.8 Å². The van der Waals surface area contributed by atoms with Crippen molar-refractivity contribution in [3.8, 4) is 12.0 Å². The van der Waals surface area contributed by atoms with Gasteiger partial charge in [0.15, 0.2) is 0 Å². The predicted octanol–water partition coefficient (Wildman–Crippen LogP) is 4.55. The van der Waals surface area contributed by atoms with Gasteiger partial charge in [0, 0.05) is 13.0 Å². The van der Waals surface area contributed by atoms with Gasteiger partial charge in [0.05, 0.1) is 0 Å². The molecule has 3 heteroatoms. The molecule has 0 aromatic rings. The molecule has 3 nitrogen and oxygen atoms in total. The highest BCUT2D eigenvalue weighted by Gasteiger charge is 2.18. The summed E-state index contributed by atoms with van der Waals surface area (Å²) in [5, 5.41) is 8.61. The highest BCUT2D eigenvalue weighted by molar-refractivity contribution is 5.81. The summed E-state index contributed by atoms with van der Waals surface area (Å²) in [6.45, 7) is 9.89. The smallest absolute Gasteiger partial charge is 0.328 e. The zero-order chi connectivity index (χ0) is 16.3. The van der Waals surface area contributed by atoms with Crippen molar-refractivity contribution in [3.63, 3.8) is 0 Å². The number of hydrogen-bond donors (Lipinski definition) is 1. The Bertz CT molecular complexity index is 433. The molecule has 1 unspecified atom stereocenters. The van der Waals surface area contributed by atoms with Crippen LogP contribution in [0.2, 0.25) is 0 Å². The van der Waals surface area contributed by atoms with Gasteiger partial charge in [-0.3, -0.25) is 0 Å². The number of aliphatic carboxylic acids is 1. The van der Waals surface area contributed by atoms with Crippen molar-refractivity contribution in [2.45, 2.75) is 65.9 Å². The fourth-order valence-corrected chi connectivity index (χ4v) is 1.96. The minimum absolute atomic E-state index is 0.195. The van der Waals surface area contributed by atoms with Crippen LogP contribution in [0.4, 0.5) is 0 Å². The lowest BCUT2D eigenvalue weighted by molar-refractivity contribution is -0.131. The van der Waals surface area contributed by atoms with Gasteiger partial charge < -0.3 is 9.84 Å². The van der Waals surface area contributed by atoms with E-state index in [9.17, 15) is 4.79 Å². The molecule has 0 aromatic carbocycles. The van der Waals surface area contributed by atoms with Crippen molar-refractivity contribution in [2.75, 3.05) is 0 Å². The molecule has 0 saturated heterocycles. The van der Waals surface area contributed by atoms with Gasteiger partial charge in [-0.15, -0.1) is 0 Å². The zero-order valence-electron chi connectivity index (χ0n) is 13.9. The van der Waals surface area contributed by atoms with Crippen LogP contribution < -0.4 is 0 Å². The van der Waals surface area contributed by atoms with Crippen LogP contribution >= 0.6 is 0 Å². The van der Waals surface area contributed by atoms with Gasteiger partial charge in [-0.05, 0) is 51.5 Å². The van der Waals surface area contributed by atoms with E-state index in [1.807, 2.05) is 12.2 Å². The minimum atomic E-state index is -0.900. The standard InChI is InChI=1S/C18H28O3/c1-6-13-21-18(4,5)12-8-11-15(2)9-7-10-16(3)14-17(19)20/h7,10,14-15H,8-9,11-12H2,1-5H3,(H,19,20). The van der Waals surface area contributed by atoms with Gasteiger partial charge in [0.25, 0.3) is 0 Å². The Morgan fingerprint density at radius 1 is 1.43 bits per heavy atom. The van der Waals surface area contributed by atoms with E-state index < -0.39 is 5.97 Å². The number of carbonyl (C=O) groups is 1. The summed E-state index contributed by atoms with van der Waals surface area (Å²) in [6.07, 6.45) is 12.0. The number of ether oxygens (including phenoxy) is 1. The van der Waals surface area contributed by atoms with Gasteiger partial charge >= 0.3 is 5.97 Å². The first kappa shape index (κ1) is 19.3. The third-order valence-corrected chi connectivity index (χ3v) is 3.18. The van der Waals surface area contributed by atoms with E-state index in [1.54, 1.807) is 13.8 Å². The first-order chi connectivity index (χ1) is 9.76. The highest BCUT2D eigenvalue weighted by Crippen LogP contribution is 2.21. The molecule has 21 heavy (non-hydrogen) atoms. The first-order valence-corrected chi connectivity index (χ1v) is 7.44. The number of allylic oxidation sites excluding steroid dienone is 3. The molecule has 0 spiro atoms. The van der Waals surface area contributed by atoms with Crippen molar-refractivity contribution in [1.82, 2.24) is 0 Å². The maximum Gasteiger partial charge on any atom is 0.328 e. The van der Waals surface area contributed by atoms with E-state index in [1.165, 1.54) is 6.08 Å². The molecule has 118 valence electrons. The van der Waals surface area contributed by atoms with E-state index in [-0.39, 0.29) is 5.60 Å². The Balaban J connectivity index is 4.00. The molecule has 0 radical (unpaired) electrons. The molecule has 0 aromatic heterocycles. The van der Waals surface area contributed by atoms with Crippen LogP contribution in [-0.2, 0) is 9.53 Å². The van der Waals surface area contributed by atoms with Crippen LogP contribution in [0.5, 0.6) is 0 Å². The second-order valence-corrected chi connectivity index (χ2v) is 6.08. The summed E-state index contributed by atoms with van der Waals surface area (Å²) in [5.41, 5.74) is 0.571. The molecule has 0 rings (SSSR count). The van der Waals surface area contributed by atoms with Crippen LogP contribution in [0.15, 0.2) is 23.8 Å². The fraction of sp³-hybridized carbons (Fsp3) is 0.611. The number of hydrogen-bond acceptors (Lipinski definition) is 2. The van der Waals surface area contributed by atoms with E-state index in [0.29, 0.717) is 5.92 Å². The first-order valence-electron chi connectivity index (χ1n) is 7.44. The average molecular weight is 292 g/mol. The molecule has 0 fully saturated rings. The van der Waals surface area contributed by atoms with E-state index in [0.717, 1.165) is 31.3 Å². The van der Waals surface area contributed by atoms with Gasteiger partial charge in [-0.25, -0.2) is 4.79 Å². The normalized spacial score (nSPS) is 13.7. The Labute approximate surface area is 129 Å². The summed E-state index contributed by atoms with van der Waals surface area (Å²) in [5.74, 6) is 2.42. The molecule has 1 atom stereocenters. The Kier molecular flexibility index (Phi) is 9.28. The lowest BCUT2D eigenvalue weighted by Crippen LogP contribution is -2.22. The van der Waals surface area contributed by atoms with Crippen molar-refractivity contribution >= 4 is 5.97 Å². The number of carboxylic acid groups (broad SMARTS) is 1. The number of carboxylic acids is 1. The molecule has 0 saturated carbocycles. The third kappa shape index (κ3) is 11.8. The molecular formula is C18H28O3. The van der Waals surface area contributed by atoms with Gasteiger partial charge in [0.2, 0.25) is 0 Å². The summed E-state index contributed by atoms with van der Waals surface area (Å²) in [6, 6.07) is 0. The zero-order valence-corrected chi connectivity index (χ0v) is 13.9. The molecule has 0 aliphatic heterocycles. The Morgan fingerprint density at radius 3 is 2.67 bits per heavy atom. The van der Waals surface area contributed by atoms with Crippen molar-refractivity contribution in [3.05, 3.63) is 23.8 Å². The van der Waals surface area contributed by atoms with Crippen LogP contribution in [0.1, 0.15) is 60.3 Å². The van der Waals surface area contributed by atoms with Gasteiger partial charge in [-0.1, -0.05) is 31.4 Å². The van der Waals surface area contributed by atoms with Crippen LogP contribution in [-0.4, -0.2) is 16.7 Å².